The monoisotopic (exact) mass is 178 g/mol. The number of nitrogen functional groups attached to an aromatic ring is 1. The van der Waals surface area contributed by atoms with E-state index in [2.05, 4.69) is 21.7 Å². The molecular weight excluding hydrogens is 164 g/mol. The number of fused-ring (bicyclic) bond motifs is 1. The number of nitrogens with two attached hydrogens (primary N) is 1. The van der Waals surface area contributed by atoms with Crippen LogP contribution in [0.5, 0.6) is 0 Å². The molecule has 1 aliphatic carbocycles. The van der Waals surface area contributed by atoms with Gasteiger partial charge < -0.3 is 5.73 Å². The topological polar surface area (TPSA) is 47.1 Å². The molecule has 0 spiro atoms. The summed E-state index contributed by atoms with van der Waals surface area (Å²) >= 11 is 0. The molecule has 2 N–H and O–H groups in total. The third-order valence-corrected chi connectivity index (χ3v) is 2.89. The van der Waals surface area contributed by atoms with Crippen molar-refractivity contribution in [2.24, 2.45) is 0 Å². The lowest BCUT2D eigenvalue weighted by Gasteiger charge is -2.07. The number of hydrogen-bond acceptors (Lipinski definition) is 3. The average Bonchev–Trinajstić information content (AvgIpc) is 2.78. The van der Waals surface area contributed by atoms with Crippen molar-refractivity contribution in [3.8, 4) is 0 Å². The van der Waals surface area contributed by atoms with Crippen LogP contribution in [0.25, 0.3) is 0 Å². The number of hydrogen-bond donors (Lipinski definition) is 1. The van der Waals surface area contributed by atoms with Gasteiger partial charge in [0, 0.05) is 18.7 Å². The number of anilines is 1. The van der Waals surface area contributed by atoms with Gasteiger partial charge in [0.1, 0.15) is 5.82 Å². The summed E-state index contributed by atoms with van der Waals surface area (Å²) in [6.45, 7) is 1.98. The number of aromatic nitrogens is 2. The fourth-order valence-corrected chi connectivity index (χ4v) is 2.07. The van der Waals surface area contributed by atoms with E-state index in [1.807, 2.05) is 0 Å². The minimum absolute atomic E-state index is 0.651. The maximum atomic E-state index is 5.86. The van der Waals surface area contributed by atoms with E-state index in [1.165, 1.54) is 24.1 Å². The van der Waals surface area contributed by atoms with Gasteiger partial charge in [0.05, 0.1) is 11.7 Å². The van der Waals surface area contributed by atoms with Gasteiger partial charge >= 0.3 is 0 Å². The molecule has 1 saturated carbocycles. The summed E-state index contributed by atoms with van der Waals surface area (Å²) < 4.78 is 2.15. The Morgan fingerprint density at radius 3 is 2.85 bits per heavy atom. The first-order valence-corrected chi connectivity index (χ1v) is 4.80. The van der Waals surface area contributed by atoms with Gasteiger partial charge in [0.15, 0.2) is 0 Å². The largest absolute Gasteiger partial charge is 0.382 e. The molecule has 1 aromatic rings. The van der Waals surface area contributed by atoms with Gasteiger partial charge in [-0.25, -0.2) is 0 Å². The molecule has 2 aliphatic rings. The predicted octanol–water partition coefficient (Wildman–Crippen LogP) is 0.746. The first kappa shape index (κ1) is 7.38. The molecule has 4 nitrogen and oxygen atoms in total. The second-order valence-electron chi connectivity index (χ2n) is 4.16. The average molecular weight is 178 g/mol. The quantitative estimate of drug-likeness (QED) is 0.690. The standard InChI is InChI=1S/C9H14N4/c1-12-4-7-8(5-12)13(6-2-3-6)11-9(7)10/h6H,2-5H2,1H3,(H2,10,11). The van der Waals surface area contributed by atoms with Crippen LogP contribution in [0.2, 0.25) is 0 Å². The SMILES string of the molecule is CN1Cc2c(N)nn(C3CC3)c2C1. The smallest absolute Gasteiger partial charge is 0.150 e. The molecule has 1 fully saturated rings. The molecule has 0 radical (unpaired) electrons. The van der Waals surface area contributed by atoms with Crippen LogP contribution in [0.1, 0.15) is 30.1 Å². The Hall–Kier alpha value is -1.03. The van der Waals surface area contributed by atoms with E-state index < -0.39 is 0 Å². The van der Waals surface area contributed by atoms with Crippen molar-refractivity contribution in [2.75, 3.05) is 12.8 Å². The van der Waals surface area contributed by atoms with Crippen molar-refractivity contribution in [3.63, 3.8) is 0 Å². The van der Waals surface area contributed by atoms with Crippen molar-refractivity contribution >= 4 is 5.82 Å². The zero-order valence-electron chi connectivity index (χ0n) is 7.82. The molecular formula is C9H14N4. The highest BCUT2D eigenvalue weighted by atomic mass is 15.4. The van der Waals surface area contributed by atoms with E-state index in [0.29, 0.717) is 6.04 Å². The molecule has 0 atom stereocenters. The van der Waals surface area contributed by atoms with Crippen molar-refractivity contribution in [2.45, 2.75) is 32.0 Å². The molecule has 13 heavy (non-hydrogen) atoms. The van der Waals surface area contributed by atoms with E-state index in [1.54, 1.807) is 0 Å². The van der Waals surface area contributed by atoms with Crippen LogP contribution in [-0.4, -0.2) is 21.7 Å². The van der Waals surface area contributed by atoms with E-state index in [4.69, 9.17) is 5.73 Å². The zero-order valence-corrected chi connectivity index (χ0v) is 7.82. The van der Waals surface area contributed by atoms with Crippen molar-refractivity contribution in [1.82, 2.24) is 14.7 Å². The lowest BCUT2D eigenvalue weighted by molar-refractivity contribution is 0.342. The van der Waals surface area contributed by atoms with Crippen molar-refractivity contribution in [1.29, 1.82) is 0 Å². The third kappa shape index (κ3) is 0.983. The van der Waals surface area contributed by atoms with Crippen LogP contribution in [-0.2, 0) is 13.1 Å². The molecule has 0 amide bonds. The summed E-state index contributed by atoms with van der Waals surface area (Å²) in [5, 5.41) is 4.40. The Kier molecular flexibility index (Phi) is 1.28. The molecule has 0 saturated heterocycles. The maximum Gasteiger partial charge on any atom is 0.150 e. The van der Waals surface area contributed by atoms with Crippen LogP contribution < -0.4 is 5.73 Å². The van der Waals surface area contributed by atoms with Gasteiger partial charge in [-0.15, -0.1) is 0 Å². The highest BCUT2D eigenvalue weighted by Gasteiger charge is 2.32. The molecule has 4 heteroatoms. The summed E-state index contributed by atoms with van der Waals surface area (Å²) in [5.74, 6) is 0.742. The van der Waals surface area contributed by atoms with Crippen LogP contribution in [0.3, 0.4) is 0 Å². The third-order valence-electron chi connectivity index (χ3n) is 2.89. The Balaban J connectivity index is 2.08. The van der Waals surface area contributed by atoms with E-state index >= 15 is 0 Å². The van der Waals surface area contributed by atoms with Crippen molar-refractivity contribution in [3.05, 3.63) is 11.3 Å². The van der Waals surface area contributed by atoms with Crippen molar-refractivity contribution < 1.29 is 0 Å². The fraction of sp³-hybridized carbons (Fsp3) is 0.667. The number of rotatable bonds is 1. The van der Waals surface area contributed by atoms with Gasteiger partial charge in [-0.1, -0.05) is 0 Å². The Morgan fingerprint density at radius 1 is 1.38 bits per heavy atom. The molecule has 0 aromatic carbocycles. The molecule has 2 heterocycles. The van der Waals surface area contributed by atoms with Gasteiger partial charge in [-0.3, -0.25) is 9.58 Å². The first-order valence-electron chi connectivity index (χ1n) is 4.80. The lowest BCUT2D eigenvalue weighted by atomic mass is 10.3. The summed E-state index contributed by atoms with van der Waals surface area (Å²) in [6, 6.07) is 0.651. The van der Waals surface area contributed by atoms with Crippen LogP contribution in [0, 0.1) is 0 Å². The Bertz CT molecular complexity index is 351. The highest BCUT2D eigenvalue weighted by molar-refractivity contribution is 5.45. The molecule has 3 rings (SSSR count). The summed E-state index contributed by atoms with van der Waals surface area (Å²) in [7, 11) is 2.12. The normalized spacial score (nSPS) is 22.2. The van der Waals surface area contributed by atoms with Crippen LogP contribution in [0.4, 0.5) is 5.82 Å². The molecule has 0 unspecified atom stereocenters. The van der Waals surface area contributed by atoms with Crippen LogP contribution >= 0.6 is 0 Å². The van der Waals surface area contributed by atoms with Gasteiger partial charge in [0.2, 0.25) is 0 Å². The minimum atomic E-state index is 0.651. The van der Waals surface area contributed by atoms with Gasteiger partial charge in [-0.2, -0.15) is 5.10 Å². The lowest BCUT2D eigenvalue weighted by Crippen LogP contribution is -2.12. The second-order valence-corrected chi connectivity index (χ2v) is 4.16. The van der Waals surface area contributed by atoms with Gasteiger partial charge in [0.25, 0.3) is 0 Å². The second kappa shape index (κ2) is 2.26. The Morgan fingerprint density at radius 2 is 2.15 bits per heavy atom. The zero-order chi connectivity index (χ0) is 9.00. The maximum absolute atomic E-state index is 5.86. The minimum Gasteiger partial charge on any atom is -0.382 e. The summed E-state index contributed by atoms with van der Waals surface area (Å²) in [6.07, 6.45) is 2.55. The molecule has 70 valence electrons. The molecule has 1 aliphatic heterocycles. The van der Waals surface area contributed by atoms with E-state index in [9.17, 15) is 0 Å². The summed E-state index contributed by atoms with van der Waals surface area (Å²) in [5.41, 5.74) is 8.47. The molecule has 1 aromatic heterocycles. The van der Waals surface area contributed by atoms with E-state index in [0.717, 1.165) is 18.9 Å². The Labute approximate surface area is 77.3 Å². The fourth-order valence-electron chi connectivity index (χ4n) is 2.07. The van der Waals surface area contributed by atoms with Gasteiger partial charge in [-0.05, 0) is 19.9 Å². The predicted molar refractivity (Wildman–Crippen MR) is 50.1 cm³/mol. The summed E-state index contributed by atoms with van der Waals surface area (Å²) in [4.78, 5) is 2.28. The highest BCUT2D eigenvalue weighted by Crippen LogP contribution is 2.39. The molecule has 0 bridgehead atoms. The van der Waals surface area contributed by atoms with Crippen LogP contribution in [0.15, 0.2) is 0 Å². The van der Waals surface area contributed by atoms with E-state index in [-0.39, 0.29) is 0 Å². The first-order chi connectivity index (χ1) is 6.25. The number of nitrogens with zero attached hydrogens (tertiary/aromatic N) is 3.